The van der Waals surface area contributed by atoms with Gasteiger partial charge in [0, 0.05) is 18.2 Å². The van der Waals surface area contributed by atoms with Gasteiger partial charge in [-0.3, -0.25) is 9.88 Å². The fourth-order valence-electron chi connectivity index (χ4n) is 2.82. The Labute approximate surface area is 194 Å². The van der Waals surface area contributed by atoms with Gasteiger partial charge in [-0.2, -0.15) is 4.98 Å². The van der Waals surface area contributed by atoms with E-state index in [1.807, 2.05) is 0 Å². The molecule has 12 nitrogen and oxygen atoms in total. The maximum atomic E-state index is 14.8. The molecule has 0 bridgehead atoms. The Morgan fingerprint density at radius 2 is 2.06 bits per heavy atom. The number of carbonyl (C=O) groups is 3. The average Bonchev–Trinajstić information content (AvgIpc) is 2.83. The van der Waals surface area contributed by atoms with Crippen molar-refractivity contribution in [1.82, 2.24) is 9.55 Å². The molecule has 1 aliphatic heterocycles. The molecule has 2 N–H and O–H groups in total. The van der Waals surface area contributed by atoms with Crippen molar-refractivity contribution < 1.29 is 42.8 Å². The predicted octanol–water partition coefficient (Wildman–Crippen LogP) is 1.24. The van der Waals surface area contributed by atoms with Crippen molar-refractivity contribution in [1.29, 1.82) is 0 Å². The second-order valence-corrected chi connectivity index (χ2v) is 8.57. The normalized spacial score (nSPS) is 22.8. The van der Waals surface area contributed by atoms with E-state index < -0.39 is 60.5 Å². The smallest absolute Gasteiger partial charge is 0.413 e. The minimum atomic E-state index is -2.06. The minimum absolute atomic E-state index is 0.0931. The van der Waals surface area contributed by atoms with Crippen LogP contribution in [0.3, 0.4) is 0 Å². The lowest BCUT2D eigenvalue weighted by molar-refractivity contribution is -0.164. The number of aliphatic hydroxyl groups excluding tert-OH is 1. The summed E-state index contributed by atoms with van der Waals surface area (Å²) in [6, 6.07) is 1.23. The summed E-state index contributed by atoms with van der Waals surface area (Å²) in [5.41, 5.74) is -1.64. The molecule has 1 aromatic rings. The van der Waals surface area contributed by atoms with Crippen molar-refractivity contribution in [2.75, 3.05) is 18.5 Å². The SMILES string of the molecule is C=C(C)C(=O)OCC(=O)OC1CO[C@@H](n2ccc(NC(=O)OC(C)(C)C)nc2=O)[C@H](F)[C@H](O)C1. The molecule has 1 aromatic heterocycles. The second-order valence-electron chi connectivity index (χ2n) is 8.57. The molecule has 13 heteroatoms. The molecule has 0 aromatic carbocycles. The summed E-state index contributed by atoms with van der Waals surface area (Å²) in [6.45, 7) is 8.71. The van der Waals surface area contributed by atoms with Gasteiger partial charge in [0.2, 0.25) is 0 Å². The largest absolute Gasteiger partial charge is 0.457 e. The third-order valence-corrected chi connectivity index (χ3v) is 4.30. The molecule has 2 rings (SSSR count). The Morgan fingerprint density at radius 1 is 1.38 bits per heavy atom. The number of aromatic nitrogens is 2. The Kier molecular flexibility index (Phi) is 8.87. The van der Waals surface area contributed by atoms with E-state index in [9.17, 15) is 28.7 Å². The predicted molar refractivity (Wildman–Crippen MR) is 115 cm³/mol. The maximum absolute atomic E-state index is 14.8. The topological polar surface area (TPSA) is 155 Å². The third-order valence-electron chi connectivity index (χ3n) is 4.30. The number of ether oxygens (including phenoxy) is 4. The quantitative estimate of drug-likeness (QED) is 0.341. The molecule has 0 spiro atoms. The number of carbonyl (C=O) groups excluding carboxylic acids is 3. The molecule has 4 atom stereocenters. The molecule has 1 amide bonds. The molecule has 1 saturated heterocycles. The lowest BCUT2D eigenvalue weighted by Gasteiger charge is -2.23. The van der Waals surface area contributed by atoms with Crippen LogP contribution in [-0.2, 0) is 28.5 Å². The number of amides is 1. The molecule has 34 heavy (non-hydrogen) atoms. The van der Waals surface area contributed by atoms with Gasteiger partial charge in [-0.15, -0.1) is 0 Å². The third kappa shape index (κ3) is 7.92. The summed E-state index contributed by atoms with van der Waals surface area (Å²) in [6.07, 6.45) is -6.36. The Morgan fingerprint density at radius 3 is 2.65 bits per heavy atom. The first-order valence-corrected chi connectivity index (χ1v) is 10.3. The number of hydrogen-bond donors (Lipinski definition) is 2. The van der Waals surface area contributed by atoms with E-state index >= 15 is 0 Å². The highest BCUT2D eigenvalue weighted by Crippen LogP contribution is 2.26. The highest BCUT2D eigenvalue weighted by Gasteiger charge is 2.38. The Hall–Kier alpha value is -3.32. The van der Waals surface area contributed by atoms with Crippen molar-refractivity contribution >= 4 is 23.8 Å². The summed E-state index contributed by atoms with van der Waals surface area (Å²) in [5, 5.41) is 12.5. The van der Waals surface area contributed by atoms with Gasteiger partial charge in [0.15, 0.2) is 19.0 Å². The Balaban J connectivity index is 2.04. The zero-order chi connectivity index (χ0) is 25.6. The van der Waals surface area contributed by atoms with E-state index in [1.165, 1.54) is 13.0 Å². The number of halogens is 1. The number of anilines is 1. The zero-order valence-electron chi connectivity index (χ0n) is 19.3. The Bertz CT molecular complexity index is 988. The number of nitrogens with zero attached hydrogens (tertiary/aromatic N) is 2. The van der Waals surface area contributed by atoms with Crippen LogP contribution in [0.1, 0.15) is 40.3 Å². The van der Waals surface area contributed by atoms with Crippen LogP contribution in [-0.4, -0.2) is 69.9 Å². The number of alkyl halides is 1. The highest BCUT2D eigenvalue weighted by atomic mass is 19.1. The van der Waals surface area contributed by atoms with Crippen LogP contribution in [0.4, 0.5) is 15.0 Å². The van der Waals surface area contributed by atoms with Gasteiger partial charge in [0.05, 0.1) is 12.7 Å². The van der Waals surface area contributed by atoms with Crippen molar-refractivity contribution in [2.45, 2.75) is 64.3 Å². The number of esters is 2. The molecule has 0 saturated carbocycles. The number of aliphatic hydroxyl groups is 1. The first-order valence-electron chi connectivity index (χ1n) is 10.3. The van der Waals surface area contributed by atoms with Crippen LogP contribution in [0, 0.1) is 0 Å². The molecular formula is C21H28FN3O9. The van der Waals surface area contributed by atoms with E-state index in [0.29, 0.717) is 0 Å². The molecule has 0 aliphatic carbocycles. The standard InChI is InChI=1S/C21H28FN3O9/c1-11(2)18(28)32-10-15(27)33-12-8-13(26)16(22)17(31-9-12)25-7-6-14(23-19(25)29)24-20(30)34-21(3,4)5/h6-7,12-13,16-17,26H,1,8-10H2,2-5H3,(H,23,24,29,30)/t12?,13-,16-,17-/m1/s1. The van der Waals surface area contributed by atoms with E-state index in [4.69, 9.17) is 14.2 Å². The first-order chi connectivity index (χ1) is 15.8. The zero-order valence-corrected chi connectivity index (χ0v) is 19.3. The van der Waals surface area contributed by atoms with Crippen molar-refractivity contribution in [2.24, 2.45) is 0 Å². The van der Waals surface area contributed by atoms with Gasteiger partial charge < -0.3 is 24.1 Å². The second kappa shape index (κ2) is 11.2. The molecule has 188 valence electrons. The van der Waals surface area contributed by atoms with Crippen LogP contribution in [0.5, 0.6) is 0 Å². The van der Waals surface area contributed by atoms with Gasteiger partial charge >= 0.3 is 23.7 Å². The molecule has 1 unspecified atom stereocenters. The van der Waals surface area contributed by atoms with Crippen LogP contribution in [0.2, 0.25) is 0 Å². The van der Waals surface area contributed by atoms with Crippen LogP contribution >= 0.6 is 0 Å². The minimum Gasteiger partial charge on any atom is -0.457 e. The summed E-state index contributed by atoms with van der Waals surface area (Å²) in [7, 11) is 0. The summed E-state index contributed by atoms with van der Waals surface area (Å²) < 4.78 is 35.9. The van der Waals surface area contributed by atoms with E-state index in [2.05, 4.69) is 21.6 Å². The number of rotatable bonds is 6. The lowest BCUT2D eigenvalue weighted by Crippen LogP contribution is -2.38. The highest BCUT2D eigenvalue weighted by molar-refractivity contribution is 5.88. The van der Waals surface area contributed by atoms with Gasteiger partial charge in [-0.05, 0) is 33.8 Å². The fourth-order valence-corrected chi connectivity index (χ4v) is 2.82. The molecule has 2 heterocycles. The van der Waals surface area contributed by atoms with Crippen molar-refractivity contribution in [3.8, 4) is 0 Å². The van der Waals surface area contributed by atoms with Gasteiger partial charge in [-0.1, -0.05) is 6.58 Å². The molecule has 1 fully saturated rings. The summed E-state index contributed by atoms with van der Waals surface area (Å²) in [4.78, 5) is 51.2. The molecule has 0 radical (unpaired) electrons. The summed E-state index contributed by atoms with van der Waals surface area (Å²) >= 11 is 0. The van der Waals surface area contributed by atoms with Gasteiger partial charge in [0.25, 0.3) is 0 Å². The van der Waals surface area contributed by atoms with Crippen molar-refractivity contribution in [3.05, 3.63) is 34.9 Å². The number of hydrogen-bond acceptors (Lipinski definition) is 10. The van der Waals surface area contributed by atoms with Crippen LogP contribution in [0.25, 0.3) is 0 Å². The fraction of sp³-hybridized carbons (Fsp3) is 0.571. The van der Waals surface area contributed by atoms with E-state index in [1.54, 1.807) is 20.8 Å². The van der Waals surface area contributed by atoms with E-state index in [0.717, 1.165) is 10.8 Å². The van der Waals surface area contributed by atoms with Crippen molar-refractivity contribution in [3.63, 3.8) is 0 Å². The van der Waals surface area contributed by atoms with Crippen LogP contribution in [0.15, 0.2) is 29.2 Å². The number of nitrogens with one attached hydrogen (secondary N) is 1. The monoisotopic (exact) mass is 485 g/mol. The average molecular weight is 485 g/mol. The van der Waals surface area contributed by atoms with E-state index in [-0.39, 0.29) is 24.4 Å². The first kappa shape index (κ1) is 26.9. The molecule has 1 aliphatic rings. The maximum Gasteiger partial charge on any atom is 0.413 e. The summed E-state index contributed by atoms with van der Waals surface area (Å²) in [5.74, 6) is -1.84. The van der Waals surface area contributed by atoms with Gasteiger partial charge in [-0.25, -0.2) is 23.6 Å². The lowest BCUT2D eigenvalue weighted by atomic mass is 10.1. The van der Waals surface area contributed by atoms with Crippen LogP contribution < -0.4 is 11.0 Å². The van der Waals surface area contributed by atoms with Gasteiger partial charge in [0.1, 0.15) is 17.5 Å². The molecular weight excluding hydrogens is 457 g/mol.